The van der Waals surface area contributed by atoms with Gasteiger partial charge < -0.3 is 5.32 Å². The number of aromatic nitrogens is 2. The first-order chi connectivity index (χ1) is 10.1. The van der Waals surface area contributed by atoms with Gasteiger partial charge in [-0.3, -0.25) is 0 Å². The summed E-state index contributed by atoms with van der Waals surface area (Å²) in [5.74, 6) is 1.30. The molecule has 0 saturated heterocycles. The third-order valence-electron chi connectivity index (χ3n) is 3.00. The number of hydrogen-bond donors (Lipinski definition) is 1. The zero-order valence-corrected chi connectivity index (χ0v) is 14.1. The number of nitrogens with one attached hydrogen (secondary N) is 1. The summed E-state index contributed by atoms with van der Waals surface area (Å²) < 4.78 is 0. The molecule has 0 unspecified atom stereocenters. The van der Waals surface area contributed by atoms with Gasteiger partial charge in [-0.2, -0.15) is 0 Å². The van der Waals surface area contributed by atoms with Crippen molar-refractivity contribution in [3.05, 3.63) is 41.2 Å². The van der Waals surface area contributed by atoms with Crippen LogP contribution in [0.4, 0.5) is 5.82 Å². The molecule has 21 heavy (non-hydrogen) atoms. The Bertz CT molecular complexity index is 585. The maximum absolute atomic E-state index is 5.93. The summed E-state index contributed by atoms with van der Waals surface area (Å²) in [4.78, 5) is 9.99. The first-order valence-electron chi connectivity index (χ1n) is 7.14. The van der Waals surface area contributed by atoms with Crippen molar-refractivity contribution in [2.45, 2.75) is 43.0 Å². The van der Waals surface area contributed by atoms with Crippen molar-refractivity contribution in [2.75, 3.05) is 11.9 Å². The normalized spacial score (nSPS) is 10.9. The lowest BCUT2D eigenvalue weighted by molar-refractivity contribution is 0.800. The summed E-state index contributed by atoms with van der Waals surface area (Å²) in [5.41, 5.74) is 1.17. The number of rotatable bonds is 6. The lowest BCUT2D eigenvalue weighted by Gasteiger charge is -2.16. The van der Waals surface area contributed by atoms with Crippen LogP contribution < -0.4 is 5.32 Å². The molecule has 0 aliphatic carbocycles. The van der Waals surface area contributed by atoms with E-state index in [4.69, 9.17) is 11.6 Å². The highest BCUT2D eigenvalue weighted by molar-refractivity contribution is 7.99. The molecule has 0 aliphatic rings. The fourth-order valence-corrected chi connectivity index (χ4v) is 3.14. The quantitative estimate of drug-likeness (QED) is 0.739. The largest absolute Gasteiger partial charge is 0.370 e. The zero-order chi connectivity index (χ0) is 15.2. The van der Waals surface area contributed by atoms with Crippen molar-refractivity contribution >= 4 is 29.2 Å². The van der Waals surface area contributed by atoms with Crippen LogP contribution in [0.2, 0.25) is 5.02 Å². The van der Waals surface area contributed by atoms with Gasteiger partial charge >= 0.3 is 0 Å². The second-order valence-corrected chi connectivity index (χ2v) is 6.58. The Hall–Kier alpha value is -1.26. The SMILES string of the molecule is CCCNc1ncnc(Sc2ccc(Cl)cc2)c1C(C)C. The van der Waals surface area contributed by atoms with Crippen LogP contribution in [0.15, 0.2) is 40.5 Å². The Morgan fingerprint density at radius 1 is 1.19 bits per heavy atom. The van der Waals surface area contributed by atoms with E-state index in [1.807, 2.05) is 24.3 Å². The molecule has 1 aromatic carbocycles. The third kappa shape index (κ3) is 4.35. The molecule has 0 atom stereocenters. The van der Waals surface area contributed by atoms with E-state index < -0.39 is 0 Å². The lowest BCUT2D eigenvalue weighted by Crippen LogP contribution is -2.08. The van der Waals surface area contributed by atoms with E-state index in [-0.39, 0.29) is 0 Å². The first kappa shape index (κ1) is 16.1. The second-order valence-electron chi connectivity index (χ2n) is 5.08. The molecule has 0 spiro atoms. The number of halogens is 1. The van der Waals surface area contributed by atoms with Gasteiger partial charge in [0.25, 0.3) is 0 Å². The van der Waals surface area contributed by atoms with Crippen molar-refractivity contribution in [2.24, 2.45) is 0 Å². The molecule has 0 aliphatic heterocycles. The average molecular weight is 322 g/mol. The molecule has 0 amide bonds. The topological polar surface area (TPSA) is 37.8 Å². The number of anilines is 1. The molecule has 0 radical (unpaired) electrons. The predicted octanol–water partition coefficient (Wildman–Crippen LogP) is 5.23. The summed E-state index contributed by atoms with van der Waals surface area (Å²) in [7, 11) is 0. The van der Waals surface area contributed by atoms with Crippen molar-refractivity contribution in [3.63, 3.8) is 0 Å². The highest BCUT2D eigenvalue weighted by atomic mass is 35.5. The van der Waals surface area contributed by atoms with Crippen molar-refractivity contribution in [1.29, 1.82) is 0 Å². The van der Waals surface area contributed by atoms with Gasteiger partial charge in [0.1, 0.15) is 17.2 Å². The number of benzene rings is 1. The molecule has 1 aromatic heterocycles. The van der Waals surface area contributed by atoms with Crippen molar-refractivity contribution < 1.29 is 0 Å². The molecule has 2 rings (SSSR count). The smallest absolute Gasteiger partial charge is 0.134 e. The maximum atomic E-state index is 5.93. The molecule has 0 bridgehead atoms. The minimum absolute atomic E-state index is 0.361. The van der Waals surface area contributed by atoms with Crippen LogP contribution in [-0.2, 0) is 0 Å². The summed E-state index contributed by atoms with van der Waals surface area (Å²) in [5, 5.41) is 5.14. The standard InChI is InChI=1S/C16H20ClN3S/c1-4-9-18-15-14(11(2)3)16(20-10-19-15)21-13-7-5-12(17)6-8-13/h5-8,10-11H,4,9H2,1-3H3,(H,18,19,20). The fraction of sp³-hybridized carbons (Fsp3) is 0.375. The van der Waals surface area contributed by atoms with E-state index in [9.17, 15) is 0 Å². The molecular formula is C16H20ClN3S. The Labute approximate surface area is 135 Å². The predicted molar refractivity (Wildman–Crippen MR) is 90.5 cm³/mol. The van der Waals surface area contributed by atoms with E-state index in [0.29, 0.717) is 5.92 Å². The second kappa shape index (κ2) is 7.66. The summed E-state index contributed by atoms with van der Waals surface area (Å²) in [6, 6.07) is 7.82. The molecule has 3 nitrogen and oxygen atoms in total. The van der Waals surface area contributed by atoms with Gasteiger partial charge in [-0.1, -0.05) is 44.1 Å². The lowest BCUT2D eigenvalue weighted by atomic mass is 10.1. The molecule has 112 valence electrons. The molecule has 0 fully saturated rings. The Morgan fingerprint density at radius 2 is 1.90 bits per heavy atom. The first-order valence-corrected chi connectivity index (χ1v) is 8.33. The zero-order valence-electron chi connectivity index (χ0n) is 12.6. The van der Waals surface area contributed by atoms with E-state index in [1.54, 1.807) is 18.1 Å². The van der Waals surface area contributed by atoms with Crippen LogP contribution in [0.5, 0.6) is 0 Å². The van der Waals surface area contributed by atoms with Crippen LogP contribution in [-0.4, -0.2) is 16.5 Å². The van der Waals surface area contributed by atoms with Crippen molar-refractivity contribution in [3.8, 4) is 0 Å². The van der Waals surface area contributed by atoms with E-state index in [0.717, 1.165) is 33.7 Å². The van der Waals surface area contributed by atoms with Gasteiger partial charge in [0, 0.05) is 22.0 Å². The Morgan fingerprint density at radius 3 is 2.52 bits per heavy atom. The fourth-order valence-electron chi connectivity index (χ4n) is 1.98. The molecular weight excluding hydrogens is 302 g/mol. The molecule has 1 N–H and O–H groups in total. The highest BCUT2D eigenvalue weighted by Crippen LogP contribution is 2.35. The van der Waals surface area contributed by atoms with Gasteiger partial charge in [-0.15, -0.1) is 0 Å². The molecule has 1 heterocycles. The third-order valence-corrected chi connectivity index (χ3v) is 4.27. The Kier molecular flexibility index (Phi) is 5.88. The van der Waals surface area contributed by atoms with E-state index in [1.165, 1.54) is 5.56 Å². The molecule has 0 saturated carbocycles. The van der Waals surface area contributed by atoms with E-state index in [2.05, 4.69) is 36.1 Å². The van der Waals surface area contributed by atoms with Gasteiger partial charge in [0.05, 0.1) is 0 Å². The van der Waals surface area contributed by atoms with Crippen molar-refractivity contribution in [1.82, 2.24) is 9.97 Å². The maximum Gasteiger partial charge on any atom is 0.134 e. The molecule has 5 heteroatoms. The van der Waals surface area contributed by atoms with Crippen LogP contribution in [0.3, 0.4) is 0 Å². The van der Waals surface area contributed by atoms with Crippen LogP contribution >= 0.6 is 23.4 Å². The minimum Gasteiger partial charge on any atom is -0.370 e. The highest BCUT2D eigenvalue weighted by Gasteiger charge is 2.15. The van der Waals surface area contributed by atoms with Gasteiger partial charge in [0.2, 0.25) is 0 Å². The molecule has 2 aromatic rings. The van der Waals surface area contributed by atoms with Crippen LogP contribution in [0.25, 0.3) is 0 Å². The summed E-state index contributed by atoms with van der Waals surface area (Å²) in [6.45, 7) is 7.40. The summed E-state index contributed by atoms with van der Waals surface area (Å²) in [6.07, 6.45) is 2.70. The average Bonchev–Trinajstić information content (AvgIpc) is 2.47. The van der Waals surface area contributed by atoms with Gasteiger partial charge in [-0.05, 0) is 36.6 Å². The number of nitrogens with zero attached hydrogens (tertiary/aromatic N) is 2. The Balaban J connectivity index is 2.31. The van der Waals surface area contributed by atoms with Gasteiger partial charge in [0.15, 0.2) is 0 Å². The van der Waals surface area contributed by atoms with Crippen LogP contribution in [0, 0.1) is 0 Å². The van der Waals surface area contributed by atoms with Crippen LogP contribution in [0.1, 0.15) is 38.7 Å². The van der Waals surface area contributed by atoms with Gasteiger partial charge in [-0.25, -0.2) is 9.97 Å². The minimum atomic E-state index is 0.361. The number of hydrogen-bond acceptors (Lipinski definition) is 4. The summed E-state index contributed by atoms with van der Waals surface area (Å²) >= 11 is 7.58. The van der Waals surface area contributed by atoms with E-state index >= 15 is 0 Å². The monoisotopic (exact) mass is 321 g/mol.